The minimum atomic E-state index is 0.609. The van der Waals surface area contributed by atoms with Crippen LogP contribution in [0.15, 0.2) is 174 Å². The van der Waals surface area contributed by atoms with E-state index in [1.54, 1.807) is 0 Å². The van der Waals surface area contributed by atoms with Crippen LogP contribution in [0.25, 0.3) is 110 Å². The molecule has 0 N–H and O–H groups in total. The van der Waals surface area contributed by atoms with Gasteiger partial charge in [-0.2, -0.15) is 0 Å². The molecular formula is C48H28N4O. The van der Waals surface area contributed by atoms with Crippen molar-refractivity contribution in [1.29, 1.82) is 0 Å². The minimum Gasteiger partial charge on any atom is -0.454 e. The largest absolute Gasteiger partial charge is 0.454 e. The number of para-hydroxylation sites is 4. The molecule has 5 heteroatoms. The molecule has 0 radical (unpaired) electrons. The van der Waals surface area contributed by atoms with Crippen molar-refractivity contribution in [3.05, 3.63) is 170 Å². The van der Waals surface area contributed by atoms with E-state index in [4.69, 9.17) is 14.4 Å². The maximum absolute atomic E-state index is 7.14. The van der Waals surface area contributed by atoms with E-state index in [1.807, 2.05) is 18.2 Å². The molecule has 12 rings (SSSR count). The Hall–Kier alpha value is -7.24. The third kappa shape index (κ3) is 3.91. The van der Waals surface area contributed by atoms with Crippen LogP contribution in [-0.4, -0.2) is 19.1 Å². The van der Waals surface area contributed by atoms with Crippen LogP contribution in [0.1, 0.15) is 0 Å². The number of hydrogen-bond acceptors (Lipinski definition) is 3. The molecule has 0 spiro atoms. The molecule has 0 saturated carbocycles. The predicted octanol–water partition coefficient (Wildman–Crippen LogP) is 12.5. The van der Waals surface area contributed by atoms with E-state index in [0.717, 1.165) is 77.0 Å². The van der Waals surface area contributed by atoms with Crippen molar-refractivity contribution in [2.24, 2.45) is 0 Å². The Morgan fingerprint density at radius 2 is 0.962 bits per heavy atom. The summed E-state index contributed by atoms with van der Waals surface area (Å²) in [7, 11) is 0. The van der Waals surface area contributed by atoms with E-state index >= 15 is 0 Å². The number of furan rings is 1. The summed E-state index contributed by atoms with van der Waals surface area (Å²) in [6.07, 6.45) is 0. The molecule has 0 atom stereocenters. The van der Waals surface area contributed by atoms with Gasteiger partial charge in [0.2, 0.25) is 5.95 Å². The number of benzene rings is 8. The zero-order chi connectivity index (χ0) is 34.6. The minimum absolute atomic E-state index is 0.609. The molecule has 12 aromatic rings. The van der Waals surface area contributed by atoms with Gasteiger partial charge in [-0.3, -0.25) is 4.57 Å². The zero-order valence-corrected chi connectivity index (χ0v) is 28.4. The van der Waals surface area contributed by atoms with Gasteiger partial charge in [0.15, 0.2) is 5.58 Å². The molecule has 0 aliphatic rings. The first-order valence-corrected chi connectivity index (χ1v) is 17.9. The lowest BCUT2D eigenvalue weighted by molar-refractivity contribution is 0.671. The lowest BCUT2D eigenvalue weighted by Gasteiger charge is -2.12. The smallest absolute Gasteiger partial charge is 0.235 e. The molecule has 0 aliphatic heterocycles. The Labute approximate surface area is 302 Å². The van der Waals surface area contributed by atoms with Crippen molar-refractivity contribution in [2.75, 3.05) is 0 Å². The average Bonchev–Trinajstić information content (AvgIpc) is 3.88. The van der Waals surface area contributed by atoms with Crippen molar-refractivity contribution in [3.8, 4) is 22.9 Å². The lowest BCUT2D eigenvalue weighted by Crippen LogP contribution is -2.03. The highest BCUT2D eigenvalue weighted by Crippen LogP contribution is 2.45. The van der Waals surface area contributed by atoms with E-state index in [2.05, 4.69) is 161 Å². The summed E-state index contributed by atoms with van der Waals surface area (Å²) >= 11 is 0. The van der Waals surface area contributed by atoms with Crippen LogP contribution < -0.4 is 0 Å². The van der Waals surface area contributed by atoms with E-state index in [-0.39, 0.29) is 0 Å². The Kier molecular flexibility index (Phi) is 5.71. The Bertz CT molecular complexity index is 3410. The summed E-state index contributed by atoms with van der Waals surface area (Å²) in [5, 5.41) is 10.2. The number of aromatic nitrogens is 4. The molecule has 0 fully saturated rings. The van der Waals surface area contributed by atoms with Gasteiger partial charge < -0.3 is 8.98 Å². The van der Waals surface area contributed by atoms with Gasteiger partial charge in [0, 0.05) is 54.7 Å². The summed E-state index contributed by atoms with van der Waals surface area (Å²) in [4.78, 5) is 10.6. The first-order valence-electron chi connectivity index (χ1n) is 17.9. The SMILES string of the molecule is c1ccc(-c2nc(-n3c4ccccc4c4ccc5c(oc6cc(-n7c8ccccc8c8ccccc87)c7ccccc7c65)c43)nc3ccccc23)cc1. The third-order valence-corrected chi connectivity index (χ3v) is 10.9. The Morgan fingerprint density at radius 1 is 0.415 bits per heavy atom. The Balaban J connectivity index is 1.22. The van der Waals surface area contributed by atoms with Gasteiger partial charge in [0.05, 0.1) is 33.4 Å². The highest BCUT2D eigenvalue weighted by molar-refractivity contribution is 6.27. The van der Waals surface area contributed by atoms with Crippen molar-refractivity contribution >= 4 is 87.2 Å². The fourth-order valence-electron chi connectivity index (χ4n) is 8.68. The molecular weight excluding hydrogens is 649 g/mol. The van der Waals surface area contributed by atoms with Crippen LogP contribution in [0, 0.1) is 0 Å². The number of hydrogen-bond donors (Lipinski definition) is 0. The average molecular weight is 677 g/mol. The number of nitrogens with zero attached hydrogens (tertiary/aromatic N) is 4. The van der Waals surface area contributed by atoms with Gasteiger partial charge >= 0.3 is 0 Å². The van der Waals surface area contributed by atoms with Crippen LogP contribution >= 0.6 is 0 Å². The van der Waals surface area contributed by atoms with E-state index in [9.17, 15) is 0 Å². The highest BCUT2D eigenvalue weighted by Gasteiger charge is 2.24. The Morgan fingerprint density at radius 3 is 1.68 bits per heavy atom. The molecule has 0 unspecified atom stereocenters. The van der Waals surface area contributed by atoms with Crippen LogP contribution in [0.5, 0.6) is 0 Å². The van der Waals surface area contributed by atoms with Crippen LogP contribution in [0.4, 0.5) is 0 Å². The zero-order valence-electron chi connectivity index (χ0n) is 28.4. The first-order chi connectivity index (χ1) is 26.3. The lowest BCUT2D eigenvalue weighted by atomic mass is 10.0. The van der Waals surface area contributed by atoms with E-state index in [1.165, 1.54) is 27.2 Å². The predicted molar refractivity (Wildman–Crippen MR) is 218 cm³/mol. The van der Waals surface area contributed by atoms with Gasteiger partial charge in [0.25, 0.3) is 0 Å². The molecule has 0 bridgehead atoms. The maximum atomic E-state index is 7.14. The van der Waals surface area contributed by atoms with E-state index in [0.29, 0.717) is 5.95 Å². The topological polar surface area (TPSA) is 48.8 Å². The number of fused-ring (bicyclic) bond motifs is 13. The van der Waals surface area contributed by atoms with Crippen LogP contribution in [-0.2, 0) is 0 Å². The summed E-state index contributed by atoms with van der Waals surface area (Å²) in [6, 6.07) is 59.9. The first kappa shape index (κ1) is 28.5. The van der Waals surface area contributed by atoms with Gasteiger partial charge in [-0.1, -0.05) is 133 Å². The highest BCUT2D eigenvalue weighted by atomic mass is 16.3. The molecule has 0 aliphatic carbocycles. The summed E-state index contributed by atoms with van der Waals surface area (Å²) in [5.41, 5.74) is 9.89. The van der Waals surface area contributed by atoms with Crippen molar-refractivity contribution in [2.45, 2.75) is 0 Å². The van der Waals surface area contributed by atoms with Crippen molar-refractivity contribution in [1.82, 2.24) is 19.1 Å². The fourth-order valence-corrected chi connectivity index (χ4v) is 8.68. The van der Waals surface area contributed by atoms with Crippen LogP contribution in [0.3, 0.4) is 0 Å². The summed E-state index contributed by atoms with van der Waals surface area (Å²) < 4.78 is 11.7. The van der Waals surface area contributed by atoms with Crippen molar-refractivity contribution < 1.29 is 4.42 Å². The van der Waals surface area contributed by atoms with Gasteiger partial charge in [-0.25, -0.2) is 9.97 Å². The van der Waals surface area contributed by atoms with Gasteiger partial charge in [-0.15, -0.1) is 0 Å². The monoisotopic (exact) mass is 676 g/mol. The molecule has 53 heavy (non-hydrogen) atoms. The molecule has 4 heterocycles. The molecule has 4 aromatic heterocycles. The molecule has 0 saturated heterocycles. The second-order valence-corrected chi connectivity index (χ2v) is 13.7. The second-order valence-electron chi connectivity index (χ2n) is 13.7. The molecule has 8 aromatic carbocycles. The normalized spacial score (nSPS) is 12.2. The summed E-state index contributed by atoms with van der Waals surface area (Å²) in [6.45, 7) is 0. The molecule has 246 valence electrons. The third-order valence-electron chi connectivity index (χ3n) is 10.9. The van der Waals surface area contributed by atoms with Crippen molar-refractivity contribution in [3.63, 3.8) is 0 Å². The van der Waals surface area contributed by atoms with Crippen LogP contribution in [0.2, 0.25) is 0 Å². The van der Waals surface area contributed by atoms with E-state index < -0.39 is 0 Å². The standard InChI is InChI=1S/C48H28N4O/c1-2-14-29(15-3-1)45-36-21-6-10-22-38(36)49-48(50-45)52-41-25-13-9-19-33(41)35-26-27-37-44-34-20-5-4-18-32(34)42(28-43(44)53-47(37)46(35)52)51-39-23-11-7-16-30(39)31-17-8-12-24-40(31)51/h1-28H. The van der Waals surface area contributed by atoms with Gasteiger partial charge in [0.1, 0.15) is 11.1 Å². The summed E-state index contributed by atoms with van der Waals surface area (Å²) in [5.74, 6) is 0.609. The maximum Gasteiger partial charge on any atom is 0.235 e. The number of rotatable bonds is 3. The van der Waals surface area contributed by atoms with Gasteiger partial charge in [-0.05, 0) is 35.7 Å². The fraction of sp³-hybridized carbons (Fsp3) is 0. The quantitative estimate of drug-likeness (QED) is 0.187. The molecule has 0 amide bonds. The molecule has 5 nitrogen and oxygen atoms in total. The second kappa shape index (κ2) is 10.6.